The molecule has 4 rings (SSSR count). The van der Waals surface area contributed by atoms with E-state index in [1.165, 1.54) is 26.1 Å². The van der Waals surface area contributed by atoms with E-state index in [0.717, 1.165) is 90.9 Å². The molecule has 2 saturated heterocycles. The molecule has 0 amide bonds. The van der Waals surface area contributed by atoms with E-state index in [-0.39, 0.29) is 23.7 Å². The van der Waals surface area contributed by atoms with E-state index in [1.807, 2.05) is 4.57 Å². The van der Waals surface area contributed by atoms with Crippen molar-refractivity contribution < 1.29 is 4.74 Å². The van der Waals surface area contributed by atoms with Gasteiger partial charge in [-0.1, -0.05) is 27.2 Å². The second-order valence-electron chi connectivity index (χ2n) is 11.1. The average Bonchev–Trinajstić information content (AvgIpc) is 3.27. The van der Waals surface area contributed by atoms with Gasteiger partial charge in [-0.2, -0.15) is 9.97 Å². The van der Waals surface area contributed by atoms with Crippen LogP contribution in [0.3, 0.4) is 0 Å². The number of fused-ring (bicyclic) bond motifs is 1. The summed E-state index contributed by atoms with van der Waals surface area (Å²) < 4.78 is 7.61. The fourth-order valence-electron chi connectivity index (χ4n) is 5.94. The third-order valence-corrected chi connectivity index (χ3v) is 8.16. The summed E-state index contributed by atoms with van der Waals surface area (Å²) in [7, 11) is 0. The quantitative estimate of drug-likeness (QED) is 0.326. The normalized spacial score (nSPS) is 19.2. The number of H-pyrrole nitrogens is 1. The molecule has 3 N–H and O–H groups in total. The molecule has 4 heterocycles. The first-order valence-corrected chi connectivity index (χ1v) is 15.4. The van der Waals surface area contributed by atoms with Crippen molar-refractivity contribution in [2.45, 2.75) is 71.9 Å². The lowest BCUT2D eigenvalue weighted by atomic mass is 10.1. The molecule has 0 aromatic carbocycles. The molecular weight excluding hydrogens is 494 g/mol. The van der Waals surface area contributed by atoms with Crippen LogP contribution in [0.25, 0.3) is 11.2 Å². The molecule has 1 atom stereocenters. The summed E-state index contributed by atoms with van der Waals surface area (Å²) in [5.74, 6) is 0.260. The van der Waals surface area contributed by atoms with Crippen molar-refractivity contribution in [2.24, 2.45) is 0 Å². The van der Waals surface area contributed by atoms with Crippen LogP contribution in [0.15, 0.2) is 4.79 Å². The van der Waals surface area contributed by atoms with Crippen LogP contribution in [0.4, 0.5) is 5.82 Å². The number of aromatic nitrogens is 4. The van der Waals surface area contributed by atoms with Crippen molar-refractivity contribution in [3.05, 3.63) is 10.5 Å². The molecule has 0 radical (unpaired) electrons. The number of anilines is 1. The summed E-state index contributed by atoms with van der Waals surface area (Å²) in [6, 6.07) is 0.245. The zero-order chi connectivity index (χ0) is 27.6. The molecule has 0 aliphatic carbocycles. The molecule has 2 aromatic rings. The van der Waals surface area contributed by atoms with E-state index in [0.29, 0.717) is 17.8 Å². The molecule has 2 fully saturated rings. The predicted molar refractivity (Wildman–Crippen MR) is 157 cm³/mol. The third kappa shape index (κ3) is 7.93. The Balaban J connectivity index is 1.48. The van der Waals surface area contributed by atoms with Gasteiger partial charge in [0.05, 0.1) is 12.8 Å². The van der Waals surface area contributed by atoms with Gasteiger partial charge in [0.15, 0.2) is 11.5 Å². The molecular formula is C28H51N9O2. The van der Waals surface area contributed by atoms with Gasteiger partial charge in [-0.25, -0.2) is 4.79 Å². The van der Waals surface area contributed by atoms with Crippen molar-refractivity contribution in [3.8, 4) is 6.01 Å². The molecule has 0 bridgehead atoms. The summed E-state index contributed by atoms with van der Waals surface area (Å²) in [5, 5.41) is 0. The number of unbranched alkanes of at least 4 members (excludes halogenated alkanes) is 2. The maximum atomic E-state index is 13.4. The van der Waals surface area contributed by atoms with Crippen LogP contribution in [0, 0.1) is 0 Å². The molecule has 11 nitrogen and oxygen atoms in total. The van der Waals surface area contributed by atoms with E-state index in [9.17, 15) is 4.79 Å². The summed E-state index contributed by atoms with van der Waals surface area (Å²) in [6.07, 6.45) is 7.32. The lowest BCUT2D eigenvalue weighted by molar-refractivity contribution is 0.0580. The second-order valence-corrected chi connectivity index (χ2v) is 11.1. The molecule has 2 aliphatic rings. The van der Waals surface area contributed by atoms with Gasteiger partial charge in [0.1, 0.15) is 5.52 Å². The Labute approximate surface area is 233 Å². The fraction of sp³-hybridized carbons (Fsp3) is 0.821. The number of nitrogens with zero attached hydrogens (tertiary/aromatic N) is 7. The predicted octanol–water partition coefficient (Wildman–Crippen LogP) is 2.60. The molecule has 2 aliphatic heterocycles. The van der Waals surface area contributed by atoms with Gasteiger partial charge >= 0.3 is 11.7 Å². The summed E-state index contributed by atoms with van der Waals surface area (Å²) >= 11 is 0. The number of imidazole rings is 1. The van der Waals surface area contributed by atoms with Gasteiger partial charge in [-0.15, -0.1) is 0 Å². The van der Waals surface area contributed by atoms with Crippen LogP contribution >= 0.6 is 0 Å². The number of nitrogens with two attached hydrogens (primary N) is 1. The highest BCUT2D eigenvalue weighted by atomic mass is 16.5. The SMILES string of the molecule is CCCCOc1nc(N)c2[nH]c(=O)n(C(CCCCN3CCN(CCC)CC3)N3CCN(CCC)CC3)c2n1. The van der Waals surface area contributed by atoms with Gasteiger partial charge in [-0.05, 0) is 58.2 Å². The maximum Gasteiger partial charge on any atom is 0.329 e. The van der Waals surface area contributed by atoms with Crippen LogP contribution < -0.4 is 16.2 Å². The number of nitrogen functional groups attached to an aromatic ring is 1. The minimum absolute atomic E-state index is 0.0748. The first-order chi connectivity index (χ1) is 19.0. The molecule has 11 heteroatoms. The molecule has 1 unspecified atom stereocenters. The molecule has 2 aromatic heterocycles. The van der Waals surface area contributed by atoms with Crippen LogP contribution in [0.5, 0.6) is 6.01 Å². The first-order valence-electron chi connectivity index (χ1n) is 15.4. The van der Waals surface area contributed by atoms with Crippen molar-refractivity contribution in [3.63, 3.8) is 0 Å². The van der Waals surface area contributed by atoms with Crippen molar-refractivity contribution in [1.29, 1.82) is 0 Å². The largest absolute Gasteiger partial charge is 0.463 e. The van der Waals surface area contributed by atoms with E-state index < -0.39 is 0 Å². The summed E-state index contributed by atoms with van der Waals surface area (Å²) in [5.41, 5.74) is 7.14. The van der Waals surface area contributed by atoms with E-state index in [1.54, 1.807) is 0 Å². The Hall–Kier alpha value is -2.21. The summed E-state index contributed by atoms with van der Waals surface area (Å²) in [4.78, 5) is 35.4. The van der Waals surface area contributed by atoms with Crippen LogP contribution in [-0.4, -0.2) is 118 Å². The number of rotatable bonds is 15. The highest BCUT2D eigenvalue weighted by Crippen LogP contribution is 2.27. The minimum Gasteiger partial charge on any atom is -0.463 e. The molecule has 39 heavy (non-hydrogen) atoms. The number of hydrogen-bond donors (Lipinski definition) is 2. The van der Waals surface area contributed by atoms with Crippen LogP contribution in [0.1, 0.15) is 71.9 Å². The van der Waals surface area contributed by atoms with E-state index >= 15 is 0 Å². The Kier molecular flexibility index (Phi) is 11.4. The lowest BCUT2D eigenvalue weighted by Crippen LogP contribution is -2.50. The van der Waals surface area contributed by atoms with Crippen molar-refractivity contribution in [1.82, 2.24) is 39.1 Å². The zero-order valence-corrected chi connectivity index (χ0v) is 24.5. The topological polar surface area (TPSA) is 112 Å². The molecule has 220 valence electrons. The van der Waals surface area contributed by atoms with Crippen molar-refractivity contribution >= 4 is 17.0 Å². The number of aromatic amines is 1. The first kappa shape index (κ1) is 29.8. The summed E-state index contributed by atoms with van der Waals surface area (Å²) in [6.45, 7) is 19.1. The highest BCUT2D eigenvalue weighted by Gasteiger charge is 2.29. The average molecular weight is 546 g/mol. The Bertz CT molecular complexity index is 1060. The van der Waals surface area contributed by atoms with Crippen LogP contribution in [-0.2, 0) is 0 Å². The van der Waals surface area contributed by atoms with Gasteiger partial charge in [0, 0.05) is 52.4 Å². The number of nitrogens with one attached hydrogen (secondary N) is 1. The Morgan fingerprint density at radius 1 is 0.821 bits per heavy atom. The van der Waals surface area contributed by atoms with E-state index in [4.69, 9.17) is 10.5 Å². The lowest BCUT2D eigenvalue weighted by Gasteiger charge is -2.39. The molecule has 0 spiro atoms. The Morgan fingerprint density at radius 3 is 2.05 bits per heavy atom. The number of piperazine rings is 2. The minimum atomic E-state index is -0.176. The van der Waals surface area contributed by atoms with Gasteiger partial charge < -0.3 is 30.2 Å². The van der Waals surface area contributed by atoms with Crippen LogP contribution in [0.2, 0.25) is 0 Å². The van der Waals surface area contributed by atoms with Crippen molar-refractivity contribution in [2.75, 3.05) is 84.3 Å². The zero-order valence-electron chi connectivity index (χ0n) is 24.5. The van der Waals surface area contributed by atoms with Gasteiger partial charge in [0.25, 0.3) is 0 Å². The number of hydrogen-bond acceptors (Lipinski definition) is 9. The van der Waals surface area contributed by atoms with Gasteiger partial charge in [0.2, 0.25) is 0 Å². The second kappa shape index (κ2) is 15.0. The number of ether oxygens (including phenoxy) is 1. The maximum absolute atomic E-state index is 13.4. The Morgan fingerprint density at radius 2 is 1.44 bits per heavy atom. The smallest absolute Gasteiger partial charge is 0.329 e. The fourth-order valence-corrected chi connectivity index (χ4v) is 5.94. The highest BCUT2D eigenvalue weighted by molar-refractivity contribution is 5.82. The standard InChI is InChI=1S/C28H51N9O2/c1-4-7-22-39-27-31-25(29)24-26(32-27)37(28(38)30-24)23(36-20-18-34(12-6-3)19-21-36)10-8-9-13-35-16-14-33(11-5-2)15-17-35/h23H,4-22H2,1-3H3,(H,30,38)(H2,29,31,32). The van der Waals surface area contributed by atoms with E-state index in [2.05, 4.69) is 55.3 Å². The van der Waals surface area contributed by atoms with Gasteiger partial charge in [-0.3, -0.25) is 9.47 Å². The monoisotopic (exact) mass is 545 g/mol. The third-order valence-electron chi connectivity index (χ3n) is 8.16. The molecule has 0 saturated carbocycles.